The van der Waals surface area contributed by atoms with E-state index in [0.717, 1.165) is 4.90 Å². The van der Waals surface area contributed by atoms with Gasteiger partial charge in [-0.2, -0.15) is 0 Å². The van der Waals surface area contributed by atoms with Crippen LogP contribution in [-0.4, -0.2) is 43.4 Å². The summed E-state index contributed by atoms with van der Waals surface area (Å²) in [6.45, 7) is 0.602. The molecule has 28 heavy (non-hydrogen) atoms. The van der Waals surface area contributed by atoms with Gasteiger partial charge in [0.1, 0.15) is 13.2 Å². The highest BCUT2D eigenvalue weighted by molar-refractivity contribution is 8.00. The van der Waals surface area contributed by atoms with Gasteiger partial charge in [-0.15, -0.1) is 11.8 Å². The first-order valence-electron chi connectivity index (χ1n) is 8.39. The van der Waals surface area contributed by atoms with E-state index in [-0.39, 0.29) is 5.75 Å². The summed E-state index contributed by atoms with van der Waals surface area (Å²) in [6, 6.07) is 11.5. The van der Waals surface area contributed by atoms with Crippen molar-refractivity contribution in [1.82, 2.24) is 0 Å². The highest BCUT2D eigenvalue weighted by Gasteiger charge is 2.13. The van der Waals surface area contributed by atoms with Gasteiger partial charge in [-0.1, -0.05) is 0 Å². The van der Waals surface area contributed by atoms with Crippen LogP contribution in [0.25, 0.3) is 0 Å². The Morgan fingerprint density at radius 3 is 2.46 bits per heavy atom. The van der Waals surface area contributed by atoms with E-state index in [1.54, 1.807) is 12.1 Å². The molecule has 1 heterocycles. The minimum Gasteiger partial charge on any atom is -0.486 e. The molecule has 0 bridgehead atoms. The summed E-state index contributed by atoms with van der Waals surface area (Å²) in [7, 11) is 0. The van der Waals surface area contributed by atoms with Crippen molar-refractivity contribution in [3.63, 3.8) is 0 Å². The minimum atomic E-state index is -0.553. The average Bonchev–Trinajstić information content (AvgIpc) is 2.71. The molecule has 8 nitrogen and oxygen atoms in total. The van der Waals surface area contributed by atoms with Gasteiger partial charge in [-0.3, -0.25) is 14.4 Å². The normalized spacial score (nSPS) is 12.1. The number of esters is 1. The summed E-state index contributed by atoms with van der Waals surface area (Å²) in [5.41, 5.74) is 5.95. The fraction of sp³-hybridized carbons (Fsp3) is 0.211. The number of nitrogens with two attached hydrogens (primary N) is 1. The zero-order chi connectivity index (χ0) is 19.9. The fourth-order valence-corrected chi connectivity index (χ4v) is 3.08. The Hall–Kier alpha value is -3.20. The number of fused-ring (bicyclic) bond motifs is 1. The van der Waals surface area contributed by atoms with Crippen molar-refractivity contribution in [1.29, 1.82) is 0 Å². The van der Waals surface area contributed by atoms with Crippen LogP contribution < -0.4 is 20.5 Å². The number of carbonyl (C=O) groups excluding carboxylic acids is 3. The number of hydrogen-bond acceptors (Lipinski definition) is 7. The summed E-state index contributed by atoms with van der Waals surface area (Å²) in [6.07, 6.45) is 0. The summed E-state index contributed by atoms with van der Waals surface area (Å²) < 4.78 is 15.9. The van der Waals surface area contributed by atoms with Gasteiger partial charge in [0.25, 0.3) is 5.91 Å². The maximum atomic E-state index is 11.9. The molecule has 0 aliphatic carbocycles. The fourth-order valence-electron chi connectivity index (χ4n) is 2.36. The Balaban J connectivity index is 1.41. The van der Waals surface area contributed by atoms with E-state index >= 15 is 0 Å². The molecule has 9 heteroatoms. The van der Waals surface area contributed by atoms with E-state index < -0.39 is 24.4 Å². The van der Waals surface area contributed by atoms with Crippen LogP contribution in [0, 0.1) is 0 Å². The highest BCUT2D eigenvalue weighted by Crippen LogP contribution is 2.34. The van der Waals surface area contributed by atoms with E-state index in [1.165, 1.54) is 36.0 Å². The first-order valence-corrected chi connectivity index (χ1v) is 9.37. The first kappa shape index (κ1) is 19.6. The Labute approximate surface area is 165 Å². The van der Waals surface area contributed by atoms with Gasteiger partial charge in [-0.05, 0) is 42.5 Å². The van der Waals surface area contributed by atoms with Gasteiger partial charge in [-0.25, -0.2) is 0 Å². The van der Waals surface area contributed by atoms with Gasteiger partial charge >= 0.3 is 5.97 Å². The van der Waals surface area contributed by atoms with Gasteiger partial charge in [0.2, 0.25) is 5.91 Å². The second kappa shape index (κ2) is 9.14. The van der Waals surface area contributed by atoms with Crippen LogP contribution in [-0.2, 0) is 14.3 Å². The Morgan fingerprint density at radius 2 is 1.75 bits per heavy atom. The molecule has 0 atom stereocenters. The molecule has 2 aromatic carbocycles. The molecule has 146 valence electrons. The lowest BCUT2D eigenvalue weighted by Gasteiger charge is -2.18. The van der Waals surface area contributed by atoms with Crippen LogP contribution in [0.1, 0.15) is 10.4 Å². The molecule has 0 aromatic heterocycles. The second-order valence-electron chi connectivity index (χ2n) is 5.74. The number of ether oxygens (including phenoxy) is 3. The first-order chi connectivity index (χ1) is 13.5. The second-order valence-corrected chi connectivity index (χ2v) is 6.79. The smallest absolute Gasteiger partial charge is 0.316 e. The Bertz CT molecular complexity index is 884. The number of thioether (sulfide) groups is 1. The summed E-state index contributed by atoms with van der Waals surface area (Å²) in [5, 5.41) is 2.57. The summed E-state index contributed by atoms with van der Waals surface area (Å²) in [5.74, 6) is -0.170. The molecule has 0 radical (unpaired) electrons. The third kappa shape index (κ3) is 5.40. The molecular formula is C19H18N2O6S. The molecule has 2 amide bonds. The van der Waals surface area contributed by atoms with Crippen molar-refractivity contribution in [2.75, 3.05) is 30.9 Å². The SMILES string of the molecule is NC(=O)c1ccc(NC(=O)COC(=O)CSc2ccc3c(c2)OCCO3)cc1. The third-order valence-electron chi connectivity index (χ3n) is 3.69. The third-order valence-corrected chi connectivity index (χ3v) is 4.66. The molecular weight excluding hydrogens is 384 g/mol. The number of carbonyl (C=O) groups is 3. The van der Waals surface area contributed by atoms with Gasteiger partial charge in [0.05, 0.1) is 5.75 Å². The quantitative estimate of drug-likeness (QED) is 0.536. The lowest BCUT2D eigenvalue weighted by atomic mass is 10.2. The van der Waals surface area contributed by atoms with E-state index in [9.17, 15) is 14.4 Å². The molecule has 2 aromatic rings. The molecule has 1 aliphatic rings. The predicted molar refractivity (Wildman–Crippen MR) is 103 cm³/mol. The number of benzene rings is 2. The number of amides is 2. The molecule has 0 fully saturated rings. The van der Waals surface area contributed by atoms with Crippen molar-refractivity contribution in [2.24, 2.45) is 5.73 Å². The molecule has 0 spiro atoms. The zero-order valence-corrected chi connectivity index (χ0v) is 15.6. The standard InChI is InChI=1S/C19H18N2O6S/c20-19(24)12-1-3-13(4-2-12)21-17(22)10-27-18(23)11-28-14-5-6-15-16(9-14)26-8-7-25-15/h1-6,9H,7-8,10-11H2,(H2,20,24)(H,21,22). The van der Waals surface area contributed by atoms with Crippen LogP contribution in [0.2, 0.25) is 0 Å². The summed E-state index contributed by atoms with van der Waals surface area (Å²) in [4.78, 5) is 35.5. The lowest BCUT2D eigenvalue weighted by molar-refractivity contribution is -0.144. The molecule has 0 saturated carbocycles. The van der Waals surface area contributed by atoms with Crippen molar-refractivity contribution < 1.29 is 28.6 Å². The van der Waals surface area contributed by atoms with Gasteiger partial charge < -0.3 is 25.3 Å². The van der Waals surface area contributed by atoms with Crippen LogP contribution in [0.5, 0.6) is 11.5 Å². The molecule has 0 unspecified atom stereocenters. The minimum absolute atomic E-state index is 0.0558. The molecule has 3 rings (SSSR count). The van der Waals surface area contributed by atoms with Gasteiger partial charge in [0, 0.05) is 16.1 Å². The van der Waals surface area contributed by atoms with Crippen LogP contribution in [0.3, 0.4) is 0 Å². The number of hydrogen-bond donors (Lipinski definition) is 2. The zero-order valence-electron chi connectivity index (χ0n) is 14.8. The van der Waals surface area contributed by atoms with Crippen molar-refractivity contribution in [2.45, 2.75) is 4.90 Å². The Kier molecular flexibility index (Phi) is 6.38. The topological polar surface area (TPSA) is 117 Å². The monoisotopic (exact) mass is 402 g/mol. The van der Waals surface area contributed by atoms with E-state index in [4.69, 9.17) is 19.9 Å². The Morgan fingerprint density at radius 1 is 1.04 bits per heavy atom. The van der Waals surface area contributed by atoms with E-state index in [0.29, 0.717) is 36.0 Å². The van der Waals surface area contributed by atoms with Crippen LogP contribution in [0.4, 0.5) is 5.69 Å². The average molecular weight is 402 g/mol. The van der Waals surface area contributed by atoms with Crippen LogP contribution >= 0.6 is 11.8 Å². The number of nitrogens with one attached hydrogen (secondary N) is 1. The number of anilines is 1. The maximum Gasteiger partial charge on any atom is 0.316 e. The van der Waals surface area contributed by atoms with Crippen molar-refractivity contribution in [3.8, 4) is 11.5 Å². The molecule has 3 N–H and O–H groups in total. The van der Waals surface area contributed by atoms with Crippen molar-refractivity contribution in [3.05, 3.63) is 48.0 Å². The lowest BCUT2D eigenvalue weighted by Crippen LogP contribution is -2.21. The van der Waals surface area contributed by atoms with Crippen molar-refractivity contribution >= 4 is 35.2 Å². The summed E-state index contributed by atoms with van der Waals surface area (Å²) >= 11 is 1.28. The number of rotatable bonds is 7. The molecule has 0 saturated heterocycles. The van der Waals surface area contributed by atoms with E-state index in [2.05, 4.69) is 5.32 Å². The van der Waals surface area contributed by atoms with E-state index in [1.807, 2.05) is 6.07 Å². The number of primary amides is 1. The molecule has 1 aliphatic heterocycles. The largest absolute Gasteiger partial charge is 0.486 e. The van der Waals surface area contributed by atoms with Gasteiger partial charge in [0.15, 0.2) is 18.1 Å². The maximum absolute atomic E-state index is 11.9. The van der Waals surface area contributed by atoms with Crippen LogP contribution in [0.15, 0.2) is 47.4 Å². The highest BCUT2D eigenvalue weighted by atomic mass is 32.2. The predicted octanol–water partition coefficient (Wildman–Crippen LogP) is 1.83.